The molecule has 0 fully saturated rings. The summed E-state index contributed by atoms with van der Waals surface area (Å²) in [6.45, 7) is 6.34. The minimum absolute atomic E-state index is 0.217. The zero-order valence-corrected chi connectivity index (χ0v) is 18.9. The quantitative estimate of drug-likeness (QED) is 0.294. The Kier molecular flexibility index (Phi) is 5.70. The van der Waals surface area contributed by atoms with E-state index in [0.29, 0.717) is 10.4 Å². The number of nitrogens with zero attached hydrogens (tertiary/aromatic N) is 4. The minimum atomic E-state index is 0.217. The van der Waals surface area contributed by atoms with Crippen molar-refractivity contribution in [1.82, 2.24) is 19.7 Å². The van der Waals surface area contributed by atoms with Crippen molar-refractivity contribution in [2.24, 2.45) is 0 Å². The van der Waals surface area contributed by atoms with Gasteiger partial charge in [-0.05, 0) is 54.9 Å². The average molecular weight is 475 g/mol. The van der Waals surface area contributed by atoms with E-state index in [1.165, 1.54) is 5.56 Å². The average Bonchev–Trinajstić information content (AvgIpc) is 3.39. The van der Waals surface area contributed by atoms with Gasteiger partial charge < -0.3 is 4.42 Å². The first kappa shape index (κ1) is 19.4. The van der Waals surface area contributed by atoms with Crippen molar-refractivity contribution in [1.29, 1.82) is 0 Å². The van der Waals surface area contributed by atoms with Crippen LogP contribution in [0.3, 0.4) is 0 Å². The van der Waals surface area contributed by atoms with E-state index in [1.54, 1.807) is 23.1 Å². The fraction of sp³-hybridized carbons (Fsp3) is 0.250. The largest absolute Gasteiger partial charge is 0.446 e. The molecule has 28 heavy (non-hydrogen) atoms. The Morgan fingerprint density at radius 2 is 2.07 bits per heavy atom. The molecule has 0 aliphatic rings. The lowest BCUT2D eigenvalue weighted by atomic mass is 10.1. The highest BCUT2D eigenvalue weighted by Crippen LogP contribution is 2.32. The summed E-state index contributed by atoms with van der Waals surface area (Å²) in [7, 11) is 0. The predicted molar refractivity (Wildman–Crippen MR) is 118 cm³/mol. The number of furan rings is 1. The van der Waals surface area contributed by atoms with Crippen molar-refractivity contribution in [2.75, 3.05) is 0 Å². The van der Waals surface area contributed by atoms with Crippen molar-refractivity contribution in [2.45, 2.75) is 37.7 Å². The normalized spacial score (nSPS) is 11.5. The van der Waals surface area contributed by atoms with Gasteiger partial charge in [0.2, 0.25) is 5.82 Å². The smallest absolute Gasteiger partial charge is 0.200 e. The number of hydrogen-bond donors (Lipinski definition) is 0. The van der Waals surface area contributed by atoms with Crippen LogP contribution in [0.15, 0.2) is 56.0 Å². The Morgan fingerprint density at radius 1 is 1.21 bits per heavy atom. The maximum absolute atomic E-state index is 5.67. The van der Waals surface area contributed by atoms with Gasteiger partial charge in [-0.15, -0.1) is 21.5 Å². The second kappa shape index (κ2) is 8.23. The summed E-state index contributed by atoms with van der Waals surface area (Å²) in [5.41, 5.74) is 3.45. The SMILES string of the molecule is Cc1cccc(-c2nc(CSc3nnc(-c4ccc(Br)o4)n3C(C)C)cs2)c1. The van der Waals surface area contributed by atoms with Gasteiger partial charge in [-0.3, -0.25) is 4.57 Å². The van der Waals surface area contributed by atoms with Gasteiger partial charge in [0, 0.05) is 22.7 Å². The van der Waals surface area contributed by atoms with Gasteiger partial charge in [-0.25, -0.2) is 4.98 Å². The van der Waals surface area contributed by atoms with E-state index in [2.05, 4.69) is 81.1 Å². The van der Waals surface area contributed by atoms with Crippen LogP contribution >= 0.6 is 39.0 Å². The van der Waals surface area contributed by atoms with Crippen LogP contribution in [0.4, 0.5) is 0 Å². The highest BCUT2D eigenvalue weighted by atomic mass is 79.9. The number of thioether (sulfide) groups is 1. The summed E-state index contributed by atoms with van der Waals surface area (Å²) in [6, 6.07) is 12.4. The molecule has 0 bridgehead atoms. The lowest BCUT2D eigenvalue weighted by Gasteiger charge is -2.12. The van der Waals surface area contributed by atoms with Crippen molar-refractivity contribution in [3.05, 3.63) is 57.7 Å². The summed E-state index contributed by atoms with van der Waals surface area (Å²) in [5, 5.41) is 12.8. The Hall–Kier alpha value is -1.90. The fourth-order valence-corrected chi connectivity index (χ4v) is 5.05. The maximum atomic E-state index is 5.67. The molecule has 0 radical (unpaired) electrons. The van der Waals surface area contributed by atoms with Crippen LogP contribution in [-0.4, -0.2) is 19.7 Å². The van der Waals surface area contributed by atoms with Gasteiger partial charge in [-0.2, -0.15) is 0 Å². The molecule has 5 nitrogen and oxygen atoms in total. The lowest BCUT2D eigenvalue weighted by molar-refractivity contribution is 0.519. The molecule has 144 valence electrons. The monoisotopic (exact) mass is 474 g/mol. The third kappa shape index (κ3) is 4.09. The van der Waals surface area contributed by atoms with Crippen LogP contribution in [0.2, 0.25) is 0 Å². The number of aryl methyl sites for hydroxylation is 1. The van der Waals surface area contributed by atoms with Crippen LogP contribution in [0.5, 0.6) is 0 Å². The van der Waals surface area contributed by atoms with Crippen molar-refractivity contribution in [3.8, 4) is 22.2 Å². The number of thiazole rings is 1. The number of halogens is 1. The molecule has 0 unspecified atom stereocenters. The van der Waals surface area contributed by atoms with Crippen molar-refractivity contribution >= 4 is 39.0 Å². The molecule has 0 aliphatic carbocycles. The van der Waals surface area contributed by atoms with E-state index in [0.717, 1.165) is 33.0 Å². The zero-order chi connectivity index (χ0) is 19.7. The molecule has 0 saturated carbocycles. The molecule has 3 aromatic heterocycles. The Morgan fingerprint density at radius 3 is 2.79 bits per heavy atom. The van der Waals surface area contributed by atoms with Gasteiger partial charge in [0.25, 0.3) is 0 Å². The highest BCUT2D eigenvalue weighted by Gasteiger charge is 2.19. The van der Waals surface area contributed by atoms with E-state index in [9.17, 15) is 0 Å². The van der Waals surface area contributed by atoms with E-state index >= 15 is 0 Å². The molecule has 0 aliphatic heterocycles. The number of aromatic nitrogens is 4. The summed E-state index contributed by atoms with van der Waals surface area (Å²) in [5.74, 6) is 2.19. The van der Waals surface area contributed by atoms with Crippen LogP contribution in [-0.2, 0) is 5.75 Å². The first-order chi connectivity index (χ1) is 13.5. The van der Waals surface area contributed by atoms with E-state index in [1.807, 2.05) is 12.1 Å². The van der Waals surface area contributed by atoms with E-state index in [-0.39, 0.29) is 6.04 Å². The van der Waals surface area contributed by atoms with Crippen molar-refractivity contribution < 1.29 is 4.42 Å². The number of hydrogen-bond acceptors (Lipinski definition) is 6. The summed E-state index contributed by atoms with van der Waals surface area (Å²) in [6.07, 6.45) is 0. The second-order valence-corrected chi connectivity index (χ2v) is 9.26. The Labute approximate surface area is 180 Å². The predicted octanol–water partition coefficient (Wildman–Crippen LogP) is 6.61. The van der Waals surface area contributed by atoms with E-state index < -0.39 is 0 Å². The third-order valence-corrected chi connectivity index (χ3v) is 6.48. The van der Waals surface area contributed by atoms with Gasteiger partial charge in [0.1, 0.15) is 5.01 Å². The molecular formula is C20H19BrN4OS2. The molecule has 0 atom stereocenters. The molecule has 0 spiro atoms. The topological polar surface area (TPSA) is 56.7 Å². The van der Waals surface area contributed by atoms with Crippen molar-refractivity contribution in [3.63, 3.8) is 0 Å². The van der Waals surface area contributed by atoms with Gasteiger partial charge >= 0.3 is 0 Å². The molecule has 0 saturated heterocycles. The standard InChI is InChI=1S/C20H19BrN4OS2/c1-12(2)25-18(16-7-8-17(21)26-16)23-24-20(25)28-11-15-10-27-19(22-15)14-6-4-5-13(3)9-14/h4-10,12H,11H2,1-3H3. The van der Waals surface area contributed by atoms with Gasteiger partial charge in [0.15, 0.2) is 15.6 Å². The lowest BCUT2D eigenvalue weighted by Crippen LogP contribution is -2.04. The molecule has 0 N–H and O–H groups in total. The minimum Gasteiger partial charge on any atom is -0.446 e. The summed E-state index contributed by atoms with van der Waals surface area (Å²) >= 11 is 6.67. The molecule has 1 aromatic carbocycles. The summed E-state index contributed by atoms with van der Waals surface area (Å²) in [4.78, 5) is 4.80. The molecule has 4 rings (SSSR count). The fourth-order valence-electron chi connectivity index (χ4n) is 2.87. The number of benzene rings is 1. The first-order valence-corrected chi connectivity index (χ1v) is 11.5. The summed E-state index contributed by atoms with van der Waals surface area (Å²) < 4.78 is 8.45. The zero-order valence-electron chi connectivity index (χ0n) is 15.7. The molecule has 0 amide bonds. The second-order valence-electron chi connectivity index (χ2n) is 6.68. The maximum Gasteiger partial charge on any atom is 0.200 e. The molecule has 4 aromatic rings. The van der Waals surface area contributed by atoms with Crippen LogP contribution in [0.25, 0.3) is 22.2 Å². The van der Waals surface area contributed by atoms with Crippen LogP contribution in [0.1, 0.15) is 31.1 Å². The van der Waals surface area contributed by atoms with Crippen LogP contribution in [0, 0.1) is 6.92 Å². The molecular weight excluding hydrogens is 456 g/mol. The molecule has 3 heterocycles. The van der Waals surface area contributed by atoms with Gasteiger partial charge in [-0.1, -0.05) is 35.5 Å². The highest BCUT2D eigenvalue weighted by molar-refractivity contribution is 9.10. The number of rotatable bonds is 6. The first-order valence-electron chi connectivity index (χ1n) is 8.86. The van der Waals surface area contributed by atoms with Crippen LogP contribution < -0.4 is 0 Å². The van der Waals surface area contributed by atoms with E-state index in [4.69, 9.17) is 9.40 Å². The molecule has 8 heteroatoms. The Bertz CT molecular complexity index is 1100. The van der Waals surface area contributed by atoms with Gasteiger partial charge in [0.05, 0.1) is 5.69 Å². The Balaban J connectivity index is 1.53. The third-order valence-electron chi connectivity index (χ3n) is 4.14.